The van der Waals surface area contributed by atoms with Crippen LogP contribution in [0.4, 0.5) is 11.4 Å². The third-order valence-corrected chi connectivity index (χ3v) is 3.60. The van der Waals surface area contributed by atoms with Gasteiger partial charge in [-0.3, -0.25) is 0 Å². The molecule has 2 atom stereocenters. The van der Waals surface area contributed by atoms with E-state index in [9.17, 15) is 0 Å². The van der Waals surface area contributed by atoms with Gasteiger partial charge in [-0.15, -0.1) is 0 Å². The van der Waals surface area contributed by atoms with Gasteiger partial charge in [0, 0.05) is 11.6 Å². The third kappa shape index (κ3) is 2.50. The number of nitrogen functional groups attached to an aromatic ring is 1. The number of anilines is 2. The largest absolute Gasteiger partial charge is 0.397 e. The number of hydrogen-bond donors (Lipinski definition) is 2. The minimum atomic E-state index is 0.304. The zero-order valence-corrected chi connectivity index (χ0v) is 11.0. The molecule has 3 nitrogen and oxygen atoms in total. The molecule has 4 heteroatoms. The SMILES string of the molecule is COC1CCCC1Nc1cc(Br)ccc1N. The van der Waals surface area contributed by atoms with Crippen LogP contribution in [0.1, 0.15) is 19.3 Å². The summed E-state index contributed by atoms with van der Waals surface area (Å²) in [7, 11) is 1.77. The average molecular weight is 285 g/mol. The summed E-state index contributed by atoms with van der Waals surface area (Å²) in [5, 5.41) is 3.47. The standard InChI is InChI=1S/C12H17BrN2O/c1-16-12-4-2-3-10(12)15-11-7-8(13)5-6-9(11)14/h5-7,10,12,15H,2-4,14H2,1H3. The first kappa shape index (κ1) is 11.7. The number of hydrogen-bond acceptors (Lipinski definition) is 3. The number of nitrogens with one attached hydrogen (secondary N) is 1. The molecule has 0 radical (unpaired) electrons. The Hall–Kier alpha value is -0.740. The molecule has 1 aromatic carbocycles. The van der Waals surface area contributed by atoms with E-state index >= 15 is 0 Å². The molecule has 16 heavy (non-hydrogen) atoms. The molecule has 0 bridgehead atoms. The highest BCUT2D eigenvalue weighted by Gasteiger charge is 2.27. The molecule has 0 amide bonds. The third-order valence-electron chi connectivity index (χ3n) is 3.11. The zero-order valence-electron chi connectivity index (χ0n) is 9.37. The summed E-state index contributed by atoms with van der Waals surface area (Å²) in [6.45, 7) is 0. The molecule has 1 aliphatic carbocycles. The maximum Gasteiger partial charge on any atom is 0.0772 e. The molecule has 0 aliphatic heterocycles. The predicted molar refractivity (Wildman–Crippen MR) is 70.6 cm³/mol. The second kappa shape index (κ2) is 5.06. The Balaban J connectivity index is 2.11. The Bertz CT molecular complexity index is 370. The molecule has 1 saturated carbocycles. The van der Waals surface area contributed by atoms with Gasteiger partial charge in [0.15, 0.2) is 0 Å². The van der Waals surface area contributed by atoms with Crippen molar-refractivity contribution in [2.24, 2.45) is 0 Å². The minimum Gasteiger partial charge on any atom is -0.397 e. The quantitative estimate of drug-likeness (QED) is 0.839. The summed E-state index contributed by atoms with van der Waals surface area (Å²) >= 11 is 3.45. The fraction of sp³-hybridized carbons (Fsp3) is 0.500. The number of nitrogens with two attached hydrogens (primary N) is 1. The highest BCUT2D eigenvalue weighted by molar-refractivity contribution is 9.10. The average Bonchev–Trinajstić information content (AvgIpc) is 2.71. The Morgan fingerprint density at radius 1 is 1.44 bits per heavy atom. The highest BCUT2D eigenvalue weighted by atomic mass is 79.9. The van der Waals surface area contributed by atoms with E-state index in [0.29, 0.717) is 12.1 Å². The van der Waals surface area contributed by atoms with Gasteiger partial charge in [-0.1, -0.05) is 15.9 Å². The van der Waals surface area contributed by atoms with Crippen molar-refractivity contribution in [1.82, 2.24) is 0 Å². The summed E-state index contributed by atoms with van der Waals surface area (Å²) in [5.41, 5.74) is 7.70. The number of ether oxygens (including phenoxy) is 1. The van der Waals surface area contributed by atoms with Crippen molar-refractivity contribution in [2.45, 2.75) is 31.4 Å². The van der Waals surface area contributed by atoms with E-state index in [2.05, 4.69) is 21.2 Å². The first-order chi connectivity index (χ1) is 7.70. The van der Waals surface area contributed by atoms with Gasteiger partial charge in [0.25, 0.3) is 0 Å². The molecule has 2 unspecified atom stereocenters. The fourth-order valence-corrected chi connectivity index (χ4v) is 2.59. The lowest BCUT2D eigenvalue weighted by Gasteiger charge is -2.21. The summed E-state index contributed by atoms with van der Waals surface area (Å²) in [4.78, 5) is 0. The molecule has 88 valence electrons. The van der Waals surface area contributed by atoms with Gasteiger partial charge in [-0.05, 0) is 37.5 Å². The Kier molecular flexibility index (Phi) is 3.71. The van der Waals surface area contributed by atoms with Crippen LogP contribution in [0.25, 0.3) is 0 Å². The van der Waals surface area contributed by atoms with E-state index in [1.165, 1.54) is 6.42 Å². The zero-order chi connectivity index (χ0) is 11.5. The number of halogens is 1. The lowest BCUT2D eigenvalue weighted by Crippen LogP contribution is -2.30. The predicted octanol–water partition coefficient (Wildman–Crippen LogP) is 3.01. The molecule has 3 N–H and O–H groups in total. The van der Waals surface area contributed by atoms with Crippen molar-refractivity contribution < 1.29 is 4.74 Å². The molecule has 2 rings (SSSR count). The van der Waals surface area contributed by atoms with E-state index in [1.54, 1.807) is 7.11 Å². The van der Waals surface area contributed by atoms with Gasteiger partial charge in [-0.2, -0.15) is 0 Å². The Morgan fingerprint density at radius 3 is 3.00 bits per heavy atom. The minimum absolute atomic E-state index is 0.304. The molecule has 1 aliphatic rings. The van der Waals surface area contributed by atoms with Crippen LogP contribution < -0.4 is 11.1 Å². The first-order valence-electron chi connectivity index (χ1n) is 5.55. The second-order valence-corrected chi connectivity index (χ2v) is 5.10. The van der Waals surface area contributed by atoms with Gasteiger partial charge in [-0.25, -0.2) is 0 Å². The molecule has 0 aromatic heterocycles. The van der Waals surface area contributed by atoms with Crippen LogP contribution in [0.2, 0.25) is 0 Å². The van der Waals surface area contributed by atoms with E-state index in [-0.39, 0.29) is 0 Å². The van der Waals surface area contributed by atoms with Crippen LogP contribution in [-0.2, 0) is 4.74 Å². The summed E-state index contributed by atoms with van der Waals surface area (Å²) in [5.74, 6) is 0. The van der Waals surface area contributed by atoms with Crippen molar-refractivity contribution in [3.63, 3.8) is 0 Å². The molecule has 1 fully saturated rings. The number of methoxy groups -OCH3 is 1. The van der Waals surface area contributed by atoms with Gasteiger partial charge in [0.2, 0.25) is 0 Å². The van der Waals surface area contributed by atoms with Crippen LogP contribution in [0, 0.1) is 0 Å². The van der Waals surface area contributed by atoms with Crippen molar-refractivity contribution in [3.05, 3.63) is 22.7 Å². The highest BCUT2D eigenvalue weighted by Crippen LogP contribution is 2.29. The van der Waals surface area contributed by atoms with E-state index in [4.69, 9.17) is 10.5 Å². The van der Waals surface area contributed by atoms with Crippen LogP contribution in [0.3, 0.4) is 0 Å². The Morgan fingerprint density at radius 2 is 2.25 bits per heavy atom. The van der Waals surface area contributed by atoms with Gasteiger partial charge >= 0.3 is 0 Å². The van der Waals surface area contributed by atoms with E-state index in [0.717, 1.165) is 28.7 Å². The van der Waals surface area contributed by atoms with Crippen LogP contribution >= 0.6 is 15.9 Å². The molecular formula is C12H17BrN2O. The Labute approximate surface area is 104 Å². The monoisotopic (exact) mass is 284 g/mol. The second-order valence-electron chi connectivity index (χ2n) is 4.19. The van der Waals surface area contributed by atoms with Crippen LogP contribution in [0.5, 0.6) is 0 Å². The lowest BCUT2D eigenvalue weighted by molar-refractivity contribution is 0.101. The van der Waals surface area contributed by atoms with Crippen molar-refractivity contribution >= 4 is 27.3 Å². The van der Waals surface area contributed by atoms with Gasteiger partial charge < -0.3 is 15.8 Å². The molecule has 1 aromatic rings. The van der Waals surface area contributed by atoms with E-state index in [1.807, 2.05) is 18.2 Å². The lowest BCUT2D eigenvalue weighted by atomic mass is 10.2. The van der Waals surface area contributed by atoms with Gasteiger partial charge in [0.1, 0.15) is 0 Å². The number of benzene rings is 1. The topological polar surface area (TPSA) is 47.3 Å². The van der Waals surface area contributed by atoms with Crippen LogP contribution in [0.15, 0.2) is 22.7 Å². The smallest absolute Gasteiger partial charge is 0.0772 e. The maximum absolute atomic E-state index is 5.93. The molecular weight excluding hydrogens is 268 g/mol. The molecule has 0 spiro atoms. The fourth-order valence-electron chi connectivity index (χ4n) is 2.23. The van der Waals surface area contributed by atoms with Gasteiger partial charge in [0.05, 0.1) is 23.5 Å². The van der Waals surface area contributed by atoms with Crippen molar-refractivity contribution in [3.8, 4) is 0 Å². The van der Waals surface area contributed by atoms with E-state index < -0.39 is 0 Å². The maximum atomic E-state index is 5.93. The number of rotatable bonds is 3. The normalized spacial score (nSPS) is 24.6. The van der Waals surface area contributed by atoms with Crippen LogP contribution in [-0.4, -0.2) is 19.3 Å². The summed E-state index contributed by atoms with van der Waals surface area (Å²) in [6.07, 6.45) is 3.79. The summed E-state index contributed by atoms with van der Waals surface area (Å²) in [6, 6.07) is 6.24. The molecule has 0 heterocycles. The van der Waals surface area contributed by atoms with Crippen molar-refractivity contribution in [2.75, 3.05) is 18.2 Å². The van der Waals surface area contributed by atoms with Crippen molar-refractivity contribution in [1.29, 1.82) is 0 Å². The summed E-state index contributed by atoms with van der Waals surface area (Å²) < 4.78 is 6.49. The molecule has 0 saturated heterocycles. The first-order valence-corrected chi connectivity index (χ1v) is 6.34.